The van der Waals surface area contributed by atoms with Crippen LogP contribution < -0.4 is 24.4 Å². The Labute approximate surface area is 334 Å². The van der Waals surface area contributed by atoms with Gasteiger partial charge in [-0.3, -0.25) is 24.0 Å². The average Bonchev–Trinajstić information content (AvgIpc) is 4.00. The van der Waals surface area contributed by atoms with Gasteiger partial charge in [-0.1, -0.05) is 26.0 Å². The molecule has 17 heteroatoms. The Morgan fingerprint density at radius 1 is 1.11 bits per heavy atom. The highest BCUT2D eigenvalue weighted by molar-refractivity contribution is 7.91. The summed E-state index contributed by atoms with van der Waals surface area (Å²) in [7, 11) is 1.09. The van der Waals surface area contributed by atoms with Gasteiger partial charge in [-0.2, -0.15) is 4.98 Å². The lowest BCUT2D eigenvalue weighted by Crippen LogP contribution is -2.62. The first-order valence-electron chi connectivity index (χ1n) is 19.7. The van der Waals surface area contributed by atoms with Gasteiger partial charge >= 0.3 is 6.09 Å². The molecule has 0 radical (unpaired) electrons. The van der Waals surface area contributed by atoms with Crippen molar-refractivity contribution in [1.82, 2.24) is 29.8 Å². The van der Waals surface area contributed by atoms with Crippen LogP contribution in [0.1, 0.15) is 86.5 Å². The molecule has 0 spiro atoms. The Hall–Kier alpha value is -4.67. The first-order chi connectivity index (χ1) is 26.6. The molecule has 3 fully saturated rings. The van der Waals surface area contributed by atoms with Crippen molar-refractivity contribution < 1.29 is 42.2 Å². The third-order valence-corrected chi connectivity index (χ3v) is 14.1. The number of amides is 4. The number of benzene rings is 1. The summed E-state index contributed by atoms with van der Waals surface area (Å²) >= 11 is 0. The van der Waals surface area contributed by atoms with E-state index < -0.39 is 79.7 Å². The fraction of sp³-hybridized carbons (Fsp3) is 0.650. The number of carbonyl (C=O) groups is 4. The topological polar surface area (TPSA) is 201 Å². The number of rotatable bonds is 8. The van der Waals surface area contributed by atoms with E-state index in [1.807, 2.05) is 19.1 Å². The van der Waals surface area contributed by atoms with E-state index in [-0.39, 0.29) is 31.2 Å². The van der Waals surface area contributed by atoms with Crippen LogP contribution in [-0.4, -0.2) is 119 Å². The molecule has 1 saturated heterocycles. The van der Waals surface area contributed by atoms with Crippen LogP contribution in [0, 0.1) is 17.8 Å². The number of methoxy groups -OCH3 is 1. The second-order valence-electron chi connectivity index (χ2n) is 17.8. The van der Waals surface area contributed by atoms with Gasteiger partial charge in [0, 0.05) is 38.0 Å². The van der Waals surface area contributed by atoms with Gasteiger partial charge in [-0.25, -0.2) is 18.2 Å². The fourth-order valence-electron chi connectivity index (χ4n) is 8.21. The number of hydrogen-bond donors (Lipinski definition) is 3. The number of anilines is 1. The van der Waals surface area contributed by atoms with Gasteiger partial charge in [0.25, 0.3) is 5.91 Å². The van der Waals surface area contributed by atoms with Gasteiger partial charge in [0.1, 0.15) is 29.5 Å². The van der Waals surface area contributed by atoms with Crippen LogP contribution in [0.5, 0.6) is 11.6 Å². The minimum atomic E-state index is -4.03. The molecule has 6 rings (SSSR count). The summed E-state index contributed by atoms with van der Waals surface area (Å²) in [5.74, 6) is -1.74. The molecule has 1 aromatic heterocycles. The Kier molecular flexibility index (Phi) is 11.2. The number of carboxylic acid groups (broad SMARTS) is 1. The Morgan fingerprint density at radius 3 is 2.42 bits per heavy atom. The van der Waals surface area contributed by atoms with E-state index in [9.17, 15) is 27.9 Å². The van der Waals surface area contributed by atoms with Gasteiger partial charge in [0.15, 0.2) is 0 Å². The van der Waals surface area contributed by atoms with Crippen molar-refractivity contribution in [3.63, 3.8) is 0 Å². The third-order valence-electron chi connectivity index (χ3n) is 11.9. The highest BCUT2D eigenvalue weighted by Crippen LogP contribution is 2.48. The van der Waals surface area contributed by atoms with Crippen LogP contribution >= 0.6 is 0 Å². The molecular formula is C40H57N7O9S. The van der Waals surface area contributed by atoms with Crippen molar-refractivity contribution >= 4 is 50.7 Å². The van der Waals surface area contributed by atoms with E-state index in [2.05, 4.69) is 26.9 Å². The molecule has 0 bridgehead atoms. The van der Waals surface area contributed by atoms with E-state index in [1.54, 1.807) is 72.0 Å². The maximum atomic E-state index is 15.1. The van der Waals surface area contributed by atoms with E-state index in [0.717, 1.165) is 6.42 Å². The number of hydrogen-bond acceptors (Lipinski definition) is 11. The summed E-state index contributed by atoms with van der Waals surface area (Å²) in [4.78, 5) is 70.4. The number of fused-ring (bicyclic) bond motifs is 3. The number of aromatic nitrogens is 2. The van der Waals surface area contributed by atoms with Crippen LogP contribution in [-0.2, 0) is 24.4 Å². The zero-order valence-electron chi connectivity index (χ0n) is 34.4. The molecule has 4 amide bonds. The first kappa shape index (κ1) is 41.9. The largest absolute Gasteiger partial charge is 0.497 e. The highest BCUT2D eigenvalue weighted by atomic mass is 32.2. The molecule has 3 N–H and O–H groups in total. The Bertz CT molecular complexity index is 2060. The van der Waals surface area contributed by atoms with Crippen molar-refractivity contribution in [2.75, 3.05) is 32.6 Å². The monoisotopic (exact) mass is 811 g/mol. The number of sulfonamides is 1. The van der Waals surface area contributed by atoms with Crippen molar-refractivity contribution in [2.24, 2.45) is 17.8 Å². The van der Waals surface area contributed by atoms with E-state index in [0.29, 0.717) is 48.3 Å². The number of nitrogens with zero attached hydrogens (tertiary/aromatic N) is 5. The summed E-state index contributed by atoms with van der Waals surface area (Å²) in [5, 5.41) is 14.1. The summed E-state index contributed by atoms with van der Waals surface area (Å²) < 4.78 is 39.7. The van der Waals surface area contributed by atoms with E-state index in [4.69, 9.17) is 9.47 Å². The molecule has 2 aliphatic carbocycles. The van der Waals surface area contributed by atoms with Gasteiger partial charge in [0.05, 0.1) is 29.3 Å². The normalized spacial score (nSPS) is 29.5. The van der Waals surface area contributed by atoms with Crippen LogP contribution in [0.3, 0.4) is 0 Å². The number of ether oxygens (including phenoxy) is 2. The van der Waals surface area contributed by atoms with Crippen molar-refractivity contribution in [1.29, 1.82) is 0 Å². The standard InChI is InChI=1S/C40H57N7O9S/c1-23-12-10-11-13-25-21-40(25,35(50)44-57(53,54)39(6)16-17-39)43-32(48)30-20-27(22-46(30)34(49)31(24(2)18-23)47(37(51)52)38(3,4)5)56-33-28-15-14-26(55-9)19-29(28)41-36(42-33)45(7)8/h11,13-15,19,23-25,27,30-31H,10,12,16-18,20-22H2,1-9H3,(H,43,48)(H,44,50)(H,51,52)/b13-11-/t23-,24+,25+,27+,30-,31-,40+/m0/s1. The Morgan fingerprint density at radius 2 is 1.81 bits per heavy atom. The Balaban J connectivity index is 1.42. The molecule has 3 heterocycles. The van der Waals surface area contributed by atoms with Gasteiger partial charge in [0.2, 0.25) is 33.7 Å². The maximum absolute atomic E-state index is 15.1. The molecule has 16 nitrogen and oxygen atoms in total. The second-order valence-corrected chi connectivity index (χ2v) is 20.0. The zero-order valence-corrected chi connectivity index (χ0v) is 35.2. The van der Waals surface area contributed by atoms with Crippen LogP contribution in [0.4, 0.5) is 10.7 Å². The van der Waals surface area contributed by atoms with Crippen molar-refractivity contribution in [3.05, 3.63) is 30.4 Å². The average molecular weight is 812 g/mol. The second kappa shape index (κ2) is 15.3. The van der Waals surface area contributed by atoms with Crippen LogP contribution in [0.25, 0.3) is 10.9 Å². The van der Waals surface area contributed by atoms with Crippen molar-refractivity contribution in [2.45, 2.75) is 121 Å². The molecule has 7 atom stereocenters. The van der Waals surface area contributed by atoms with Gasteiger partial charge in [-0.15, -0.1) is 0 Å². The molecule has 57 heavy (non-hydrogen) atoms. The van der Waals surface area contributed by atoms with Gasteiger partial charge in [-0.05, 0) is 90.2 Å². The predicted molar refractivity (Wildman–Crippen MR) is 213 cm³/mol. The molecule has 1 aromatic carbocycles. The summed E-state index contributed by atoms with van der Waals surface area (Å²) in [6.07, 6.45) is 4.63. The SMILES string of the molecule is COc1ccc2c(O[C@@H]3C[C@H]4C(=O)N[C@]5(C(=O)NS(=O)(=O)C6(C)CC6)C[C@H]5/C=C\CC[C@H](C)C[C@@H](C)[C@H](N(C(=O)O)C(C)(C)C)C(=O)N4C3)nc(N(C)C)nc2c1. The maximum Gasteiger partial charge on any atom is 0.408 e. The third kappa shape index (κ3) is 8.35. The highest BCUT2D eigenvalue weighted by Gasteiger charge is 2.63. The molecule has 312 valence electrons. The summed E-state index contributed by atoms with van der Waals surface area (Å²) in [6, 6.07) is 2.90. The lowest BCUT2D eigenvalue weighted by atomic mass is 9.85. The lowest BCUT2D eigenvalue weighted by Gasteiger charge is -2.43. The van der Waals surface area contributed by atoms with E-state index in [1.165, 1.54) is 9.80 Å². The molecule has 2 saturated carbocycles. The zero-order chi connectivity index (χ0) is 41.8. The first-order valence-corrected chi connectivity index (χ1v) is 21.2. The van der Waals surface area contributed by atoms with Crippen LogP contribution in [0.2, 0.25) is 0 Å². The smallest absolute Gasteiger partial charge is 0.408 e. The molecule has 2 aromatic rings. The molecule has 2 aliphatic heterocycles. The number of allylic oxidation sites excluding steroid dienone is 1. The lowest BCUT2D eigenvalue weighted by molar-refractivity contribution is -0.146. The minimum absolute atomic E-state index is 0.0226. The van der Waals surface area contributed by atoms with Gasteiger partial charge < -0.3 is 29.7 Å². The minimum Gasteiger partial charge on any atom is -0.497 e. The molecule has 4 aliphatic rings. The molecular weight excluding hydrogens is 755 g/mol. The van der Waals surface area contributed by atoms with Crippen LogP contribution in [0.15, 0.2) is 30.4 Å². The number of nitrogens with one attached hydrogen (secondary N) is 2. The predicted octanol–water partition coefficient (Wildman–Crippen LogP) is 4.09. The quantitative estimate of drug-likeness (QED) is 0.323. The summed E-state index contributed by atoms with van der Waals surface area (Å²) in [6.45, 7) is 10.6. The van der Waals surface area contributed by atoms with Crippen molar-refractivity contribution in [3.8, 4) is 11.6 Å². The summed E-state index contributed by atoms with van der Waals surface area (Å²) in [5.41, 5.74) is -2.01. The fourth-order valence-corrected chi connectivity index (χ4v) is 9.52. The molecule has 0 unspecified atom stereocenters. The number of carbonyl (C=O) groups excluding carboxylic acids is 3. The van der Waals surface area contributed by atoms with E-state index >= 15 is 4.79 Å².